The molecule has 7 heteroatoms. The quantitative estimate of drug-likeness (QED) is 0.843. The molecule has 2 rings (SSSR count). The second kappa shape index (κ2) is 7.11. The number of amides is 2. The minimum atomic E-state index is -0.436. The van der Waals surface area contributed by atoms with E-state index in [-0.39, 0.29) is 18.4 Å². The van der Waals surface area contributed by atoms with Gasteiger partial charge >= 0.3 is 6.09 Å². The fourth-order valence-electron chi connectivity index (χ4n) is 2.08. The lowest BCUT2D eigenvalue weighted by Crippen LogP contribution is -2.52. The Bertz CT molecular complexity index is 530. The number of carbonyl (C=O) groups is 2. The number of hydrogen-bond acceptors (Lipinski definition) is 5. The molecule has 0 radical (unpaired) electrons. The smallest absolute Gasteiger partial charge is 0.410 e. The molecule has 0 aliphatic carbocycles. The van der Waals surface area contributed by atoms with E-state index in [1.54, 1.807) is 23.2 Å². The van der Waals surface area contributed by atoms with Crippen molar-refractivity contribution in [2.45, 2.75) is 13.8 Å². The van der Waals surface area contributed by atoms with E-state index in [1.165, 1.54) is 12.0 Å². The first-order valence-corrected chi connectivity index (χ1v) is 7.23. The first-order chi connectivity index (χ1) is 10.5. The Balaban J connectivity index is 1.94. The summed E-state index contributed by atoms with van der Waals surface area (Å²) in [6.07, 6.45) is 1.15. The summed E-state index contributed by atoms with van der Waals surface area (Å²) in [5, 5.41) is 0. The molecule has 1 aliphatic rings. The van der Waals surface area contributed by atoms with E-state index < -0.39 is 6.09 Å². The zero-order valence-corrected chi connectivity index (χ0v) is 13.1. The lowest BCUT2D eigenvalue weighted by molar-refractivity contribution is -0.120. The van der Waals surface area contributed by atoms with Crippen molar-refractivity contribution in [2.75, 3.05) is 38.3 Å². The van der Waals surface area contributed by atoms with Crippen LogP contribution < -0.4 is 9.64 Å². The number of carbonyl (C=O) groups excluding carboxylic acids is 2. The summed E-state index contributed by atoms with van der Waals surface area (Å²) in [5.41, 5.74) is 0.695. The molecule has 0 bridgehead atoms. The molecule has 1 aromatic heterocycles. The van der Waals surface area contributed by atoms with E-state index in [9.17, 15) is 9.59 Å². The van der Waals surface area contributed by atoms with Crippen molar-refractivity contribution in [3.8, 4) is 5.88 Å². The third kappa shape index (κ3) is 3.87. The van der Waals surface area contributed by atoms with Gasteiger partial charge in [0.2, 0.25) is 11.8 Å². The standard InChI is InChI=1S/C15H21N3O4/c1-11(2)10-22-15(20)17-6-7-18(14(19)9-17)12-4-5-13(21-3)16-8-12/h4-5,8,11H,6-7,9-10H2,1-3H3. The molecule has 0 atom stereocenters. The average Bonchev–Trinajstić information content (AvgIpc) is 2.52. The van der Waals surface area contributed by atoms with Gasteiger partial charge in [0.15, 0.2) is 0 Å². The van der Waals surface area contributed by atoms with Crippen molar-refractivity contribution < 1.29 is 19.1 Å². The molecule has 1 aliphatic heterocycles. The number of hydrogen-bond donors (Lipinski definition) is 0. The molecule has 1 fully saturated rings. The van der Waals surface area contributed by atoms with E-state index in [4.69, 9.17) is 9.47 Å². The molecule has 7 nitrogen and oxygen atoms in total. The Hall–Kier alpha value is -2.31. The van der Waals surface area contributed by atoms with Crippen LogP contribution in [0.3, 0.4) is 0 Å². The van der Waals surface area contributed by atoms with Gasteiger partial charge in [0.25, 0.3) is 0 Å². The van der Waals surface area contributed by atoms with E-state index >= 15 is 0 Å². The van der Waals surface area contributed by atoms with E-state index in [0.717, 1.165) is 0 Å². The highest BCUT2D eigenvalue weighted by Gasteiger charge is 2.29. The maximum atomic E-state index is 12.2. The summed E-state index contributed by atoms with van der Waals surface area (Å²) in [4.78, 5) is 31.2. The van der Waals surface area contributed by atoms with E-state index in [1.807, 2.05) is 13.8 Å². The van der Waals surface area contributed by atoms with Crippen LogP contribution in [-0.4, -0.2) is 55.2 Å². The van der Waals surface area contributed by atoms with E-state index in [0.29, 0.717) is 31.3 Å². The highest BCUT2D eigenvalue weighted by molar-refractivity contribution is 5.97. The molecule has 2 heterocycles. The van der Waals surface area contributed by atoms with Gasteiger partial charge in [-0.15, -0.1) is 0 Å². The topological polar surface area (TPSA) is 72.0 Å². The van der Waals surface area contributed by atoms with Gasteiger partial charge in [0.1, 0.15) is 6.54 Å². The van der Waals surface area contributed by atoms with Gasteiger partial charge in [-0.3, -0.25) is 9.69 Å². The minimum absolute atomic E-state index is 0.0168. The van der Waals surface area contributed by atoms with Crippen LogP contribution in [0.2, 0.25) is 0 Å². The molecule has 0 saturated carbocycles. The average molecular weight is 307 g/mol. The lowest BCUT2D eigenvalue weighted by Gasteiger charge is -2.33. The number of ether oxygens (including phenoxy) is 2. The number of anilines is 1. The number of rotatable bonds is 4. The number of methoxy groups -OCH3 is 1. The number of piperazine rings is 1. The van der Waals surface area contributed by atoms with Crippen molar-refractivity contribution in [3.05, 3.63) is 18.3 Å². The summed E-state index contributed by atoms with van der Waals surface area (Å²) in [7, 11) is 1.54. The Morgan fingerprint density at radius 2 is 2.14 bits per heavy atom. The maximum Gasteiger partial charge on any atom is 0.410 e. The fourth-order valence-corrected chi connectivity index (χ4v) is 2.08. The number of pyridine rings is 1. The van der Waals surface area contributed by atoms with Gasteiger partial charge in [-0.2, -0.15) is 0 Å². The molecule has 1 saturated heterocycles. The van der Waals surface area contributed by atoms with Crippen molar-refractivity contribution in [3.63, 3.8) is 0 Å². The Morgan fingerprint density at radius 3 is 2.68 bits per heavy atom. The predicted octanol–water partition coefficient (Wildman–Crippen LogP) is 1.53. The summed E-state index contributed by atoms with van der Waals surface area (Å²) in [6, 6.07) is 3.47. The summed E-state index contributed by atoms with van der Waals surface area (Å²) in [5.74, 6) is 0.609. The Morgan fingerprint density at radius 1 is 1.36 bits per heavy atom. The third-order valence-corrected chi connectivity index (χ3v) is 3.26. The molecular formula is C15H21N3O4. The summed E-state index contributed by atoms with van der Waals surface area (Å²) < 4.78 is 10.1. The van der Waals surface area contributed by atoms with Gasteiger partial charge in [-0.1, -0.05) is 13.8 Å². The van der Waals surface area contributed by atoms with Crippen LogP contribution >= 0.6 is 0 Å². The first kappa shape index (κ1) is 16.1. The molecule has 0 aromatic carbocycles. The van der Waals surface area contributed by atoms with Crippen molar-refractivity contribution in [1.82, 2.24) is 9.88 Å². The van der Waals surface area contributed by atoms with Crippen LogP contribution in [0.25, 0.3) is 0 Å². The highest BCUT2D eigenvalue weighted by Crippen LogP contribution is 2.19. The van der Waals surface area contributed by atoms with Gasteiger partial charge in [0.05, 0.1) is 25.6 Å². The van der Waals surface area contributed by atoms with Crippen LogP contribution in [0, 0.1) is 5.92 Å². The Kier molecular flexibility index (Phi) is 5.19. The normalized spacial score (nSPS) is 15.2. The second-order valence-corrected chi connectivity index (χ2v) is 5.50. The zero-order chi connectivity index (χ0) is 16.1. The predicted molar refractivity (Wildman–Crippen MR) is 80.9 cm³/mol. The molecule has 0 spiro atoms. The monoisotopic (exact) mass is 307 g/mol. The second-order valence-electron chi connectivity index (χ2n) is 5.50. The third-order valence-electron chi connectivity index (χ3n) is 3.26. The SMILES string of the molecule is COc1ccc(N2CCN(C(=O)OCC(C)C)CC2=O)cn1. The maximum absolute atomic E-state index is 12.2. The zero-order valence-electron chi connectivity index (χ0n) is 13.1. The van der Waals surface area contributed by atoms with Gasteiger partial charge in [-0.25, -0.2) is 9.78 Å². The molecule has 0 unspecified atom stereocenters. The van der Waals surface area contributed by atoms with Crippen LogP contribution in [0.1, 0.15) is 13.8 Å². The van der Waals surface area contributed by atoms with Gasteiger partial charge in [-0.05, 0) is 12.0 Å². The largest absolute Gasteiger partial charge is 0.481 e. The minimum Gasteiger partial charge on any atom is -0.481 e. The molecule has 0 N–H and O–H groups in total. The molecule has 120 valence electrons. The van der Waals surface area contributed by atoms with E-state index in [2.05, 4.69) is 4.98 Å². The molecule has 1 aromatic rings. The Labute approximate surface area is 129 Å². The van der Waals surface area contributed by atoms with Crippen LogP contribution in [-0.2, 0) is 9.53 Å². The van der Waals surface area contributed by atoms with Crippen LogP contribution in [0.5, 0.6) is 5.88 Å². The highest BCUT2D eigenvalue weighted by atomic mass is 16.6. The molecule has 22 heavy (non-hydrogen) atoms. The first-order valence-electron chi connectivity index (χ1n) is 7.23. The summed E-state index contributed by atoms with van der Waals surface area (Å²) >= 11 is 0. The molecule has 2 amide bonds. The number of nitrogens with zero attached hydrogens (tertiary/aromatic N) is 3. The molecular weight excluding hydrogens is 286 g/mol. The van der Waals surface area contributed by atoms with Crippen molar-refractivity contribution >= 4 is 17.7 Å². The van der Waals surface area contributed by atoms with Crippen molar-refractivity contribution in [1.29, 1.82) is 0 Å². The van der Waals surface area contributed by atoms with Gasteiger partial charge in [0, 0.05) is 19.2 Å². The van der Waals surface area contributed by atoms with Crippen molar-refractivity contribution in [2.24, 2.45) is 5.92 Å². The van der Waals surface area contributed by atoms with Crippen LogP contribution in [0.15, 0.2) is 18.3 Å². The van der Waals surface area contributed by atoms with Gasteiger partial charge < -0.3 is 14.4 Å². The lowest BCUT2D eigenvalue weighted by atomic mass is 10.2. The fraction of sp³-hybridized carbons (Fsp3) is 0.533. The van der Waals surface area contributed by atoms with Crippen LogP contribution in [0.4, 0.5) is 10.5 Å². The summed E-state index contributed by atoms with van der Waals surface area (Å²) in [6.45, 7) is 5.16. The number of aromatic nitrogens is 1.